The quantitative estimate of drug-likeness (QED) is 0.510. The van der Waals surface area contributed by atoms with E-state index in [-0.39, 0.29) is 5.91 Å². The number of amides is 2. The third-order valence-corrected chi connectivity index (χ3v) is 2.60. The van der Waals surface area contributed by atoms with E-state index in [2.05, 4.69) is 20.8 Å². The minimum atomic E-state index is -0.131. The maximum absolute atomic E-state index is 11.9. The van der Waals surface area contributed by atoms with Gasteiger partial charge in [0.15, 0.2) is 0 Å². The summed E-state index contributed by atoms with van der Waals surface area (Å²) in [6.07, 6.45) is 2.98. The lowest BCUT2D eigenvalue weighted by atomic mass is 10.1. The molecule has 94 valence electrons. The maximum atomic E-state index is 11.9. The van der Waals surface area contributed by atoms with Gasteiger partial charge >= 0.3 is 0 Å². The number of rotatable bonds is 6. The van der Waals surface area contributed by atoms with E-state index in [0.29, 0.717) is 31.5 Å². The first-order valence-corrected chi connectivity index (χ1v) is 5.70. The Balaban J connectivity index is 1.96. The predicted molar refractivity (Wildman–Crippen MR) is 67.1 cm³/mol. The monoisotopic (exact) mass is 246 g/mol. The Morgan fingerprint density at radius 2 is 2.28 bits per heavy atom. The molecule has 1 aromatic heterocycles. The van der Waals surface area contributed by atoms with Crippen molar-refractivity contribution < 1.29 is 9.59 Å². The van der Waals surface area contributed by atoms with Crippen molar-refractivity contribution in [1.29, 1.82) is 0 Å². The van der Waals surface area contributed by atoms with Crippen molar-refractivity contribution in [2.24, 2.45) is 0 Å². The number of hydrogen-bond acceptors (Lipinski definition) is 3. The van der Waals surface area contributed by atoms with Crippen molar-refractivity contribution in [3.63, 3.8) is 0 Å². The molecule has 2 amide bonds. The zero-order valence-electron chi connectivity index (χ0n) is 9.77. The molecule has 6 heteroatoms. The number of hydrogen-bond donors (Lipinski definition) is 3. The second-order valence-electron chi connectivity index (χ2n) is 3.82. The van der Waals surface area contributed by atoms with Gasteiger partial charge in [0.05, 0.1) is 17.3 Å². The second kappa shape index (κ2) is 5.81. The third-order valence-electron chi connectivity index (χ3n) is 2.60. The highest BCUT2D eigenvalue weighted by Crippen LogP contribution is 2.15. The zero-order chi connectivity index (χ0) is 12.8. The SMILES string of the molecule is O=CNCCCNC(=O)c1cccc2[nH]ncc12. The lowest BCUT2D eigenvalue weighted by Crippen LogP contribution is -2.27. The van der Waals surface area contributed by atoms with Gasteiger partial charge in [-0.05, 0) is 18.6 Å². The lowest BCUT2D eigenvalue weighted by molar-refractivity contribution is -0.109. The molecule has 0 unspecified atom stereocenters. The second-order valence-corrected chi connectivity index (χ2v) is 3.82. The van der Waals surface area contributed by atoms with Gasteiger partial charge in [-0.3, -0.25) is 14.7 Å². The molecule has 0 radical (unpaired) electrons. The van der Waals surface area contributed by atoms with Crippen LogP contribution in [0.15, 0.2) is 24.4 Å². The summed E-state index contributed by atoms with van der Waals surface area (Å²) in [5, 5.41) is 12.9. The maximum Gasteiger partial charge on any atom is 0.252 e. The van der Waals surface area contributed by atoms with Crippen LogP contribution in [0.3, 0.4) is 0 Å². The molecule has 0 aliphatic rings. The van der Waals surface area contributed by atoms with Crippen LogP contribution >= 0.6 is 0 Å². The van der Waals surface area contributed by atoms with E-state index >= 15 is 0 Å². The highest BCUT2D eigenvalue weighted by molar-refractivity contribution is 6.05. The Bertz CT molecular complexity index is 550. The van der Waals surface area contributed by atoms with Crippen molar-refractivity contribution >= 4 is 23.2 Å². The van der Waals surface area contributed by atoms with Gasteiger partial charge in [-0.1, -0.05) is 6.07 Å². The Labute approximate surface area is 104 Å². The lowest BCUT2D eigenvalue weighted by Gasteiger charge is -2.05. The molecule has 0 bridgehead atoms. The van der Waals surface area contributed by atoms with Crippen LogP contribution < -0.4 is 10.6 Å². The average molecular weight is 246 g/mol. The highest BCUT2D eigenvalue weighted by Gasteiger charge is 2.09. The van der Waals surface area contributed by atoms with Crippen molar-refractivity contribution in [2.75, 3.05) is 13.1 Å². The molecule has 1 heterocycles. The molecule has 6 nitrogen and oxygen atoms in total. The van der Waals surface area contributed by atoms with Crippen LogP contribution in [0.1, 0.15) is 16.8 Å². The van der Waals surface area contributed by atoms with E-state index in [0.717, 1.165) is 10.9 Å². The van der Waals surface area contributed by atoms with Crippen molar-refractivity contribution in [3.05, 3.63) is 30.0 Å². The minimum Gasteiger partial charge on any atom is -0.359 e. The number of nitrogens with zero attached hydrogens (tertiary/aromatic N) is 1. The number of nitrogens with one attached hydrogen (secondary N) is 3. The van der Waals surface area contributed by atoms with Crippen LogP contribution in [0.4, 0.5) is 0 Å². The van der Waals surface area contributed by atoms with Gasteiger partial charge in [0, 0.05) is 18.5 Å². The van der Waals surface area contributed by atoms with E-state index in [4.69, 9.17) is 0 Å². The van der Waals surface area contributed by atoms with E-state index in [1.54, 1.807) is 12.3 Å². The molecule has 0 fully saturated rings. The summed E-state index contributed by atoms with van der Waals surface area (Å²) < 4.78 is 0. The molecule has 0 saturated carbocycles. The van der Waals surface area contributed by atoms with E-state index in [9.17, 15) is 9.59 Å². The number of aromatic nitrogens is 2. The molecule has 0 spiro atoms. The number of fused-ring (bicyclic) bond motifs is 1. The Hall–Kier alpha value is -2.37. The van der Waals surface area contributed by atoms with Gasteiger partial charge in [0.1, 0.15) is 0 Å². The molecule has 0 atom stereocenters. The molecular formula is C12H14N4O2. The minimum absolute atomic E-state index is 0.131. The van der Waals surface area contributed by atoms with Crippen LogP contribution in [0.5, 0.6) is 0 Å². The van der Waals surface area contributed by atoms with Crippen molar-refractivity contribution in [1.82, 2.24) is 20.8 Å². The molecule has 0 saturated heterocycles. The molecule has 1 aromatic carbocycles. The topological polar surface area (TPSA) is 86.9 Å². The first-order valence-electron chi connectivity index (χ1n) is 5.70. The summed E-state index contributed by atoms with van der Waals surface area (Å²) in [5.74, 6) is -0.131. The van der Waals surface area contributed by atoms with Gasteiger partial charge < -0.3 is 10.6 Å². The Morgan fingerprint density at radius 1 is 1.39 bits per heavy atom. The largest absolute Gasteiger partial charge is 0.359 e. The predicted octanol–water partition coefficient (Wildman–Crippen LogP) is 0.429. The molecule has 18 heavy (non-hydrogen) atoms. The summed E-state index contributed by atoms with van der Waals surface area (Å²) in [7, 11) is 0. The molecule has 3 N–H and O–H groups in total. The molecular weight excluding hydrogens is 232 g/mol. The van der Waals surface area contributed by atoms with E-state index in [1.165, 1.54) is 0 Å². The summed E-state index contributed by atoms with van der Waals surface area (Å²) >= 11 is 0. The number of aromatic amines is 1. The summed E-state index contributed by atoms with van der Waals surface area (Å²) in [4.78, 5) is 22.0. The van der Waals surface area contributed by atoms with Gasteiger partial charge in [-0.2, -0.15) is 5.10 Å². The van der Waals surface area contributed by atoms with Crippen molar-refractivity contribution in [3.8, 4) is 0 Å². The fraction of sp³-hybridized carbons (Fsp3) is 0.250. The number of carbonyl (C=O) groups is 2. The smallest absolute Gasteiger partial charge is 0.252 e. The van der Waals surface area contributed by atoms with Crippen LogP contribution in [0.2, 0.25) is 0 Å². The van der Waals surface area contributed by atoms with E-state index in [1.807, 2.05) is 12.1 Å². The van der Waals surface area contributed by atoms with Gasteiger partial charge in [-0.15, -0.1) is 0 Å². The molecule has 0 aliphatic carbocycles. The summed E-state index contributed by atoms with van der Waals surface area (Å²) in [6.45, 7) is 1.08. The number of benzene rings is 1. The van der Waals surface area contributed by atoms with Crippen molar-refractivity contribution in [2.45, 2.75) is 6.42 Å². The molecule has 0 aliphatic heterocycles. The first kappa shape index (κ1) is 12.1. The van der Waals surface area contributed by atoms with E-state index < -0.39 is 0 Å². The standard InChI is InChI=1S/C12H14N4O2/c17-8-13-5-2-6-14-12(18)9-3-1-4-11-10(9)7-15-16-11/h1,3-4,7-8H,2,5-6H2,(H,13,17)(H,14,18)(H,15,16). The normalized spacial score (nSPS) is 10.2. The molecule has 2 aromatic rings. The molecule has 2 rings (SSSR count). The number of H-pyrrole nitrogens is 1. The summed E-state index contributed by atoms with van der Waals surface area (Å²) in [5.41, 5.74) is 1.44. The fourth-order valence-electron chi connectivity index (χ4n) is 1.71. The average Bonchev–Trinajstić information content (AvgIpc) is 2.86. The third kappa shape index (κ3) is 2.65. The Morgan fingerprint density at radius 3 is 3.11 bits per heavy atom. The Kier molecular flexibility index (Phi) is 3.90. The summed E-state index contributed by atoms with van der Waals surface area (Å²) in [6, 6.07) is 5.44. The van der Waals surface area contributed by atoms with Gasteiger partial charge in [-0.25, -0.2) is 0 Å². The fourth-order valence-corrected chi connectivity index (χ4v) is 1.71. The van der Waals surface area contributed by atoms with Crippen LogP contribution in [0.25, 0.3) is 10.9 Å². The van der Waals surface area contributed by atoms with Crippen LogP contribution in [0, 0.1) is 0 Å². The zero-order valence-corrected chi connectivity index (χ0v) is 9.77. The number of carbonyl (C=O) groups excluding carboxylic acids is 2. The van der Waals surface area contributed by atoms with Gasteiger partial charge in [0.2, 0.25) is 6.41 Å². The van der Waals surface area contributed by atoms with Crippen LogP contribution in [-0.2, 0) is 4.79 Å². The van der Waals surface area contributed by atoms with Gasteiger partial charge in [0.25, 0.3) is 5.91 Å². The first-order chi connectivity index (χ1) is 8.83. The highest BCUT2D eigenvalue weighted by atomic mass is 16.1. The van der Waals surface area contributed by atoms with Crippen LogP contribution in [-0.4, -0.2) is 35.6 Å².